The maximum atomic E-state index is 12.0. The summed E-state index contributed by atoms with van der Waals surface area (Å²) in [7, 11) is 5.37. The van der Waals surface area contributed by atoms with Gasteiger partial charge in [0.25, 0.3) is 0 Å². The van der Waals surface area contributed by atoms with E-state index in [4.69, 9.17) is 4.74 Å². The smallest absolute Gasteiger partial charge is 0.239 e. The Labute approximate surface area is 119 Å². The first kappa shape index (κ1) is 14.6. The molecule has 1 aliphatic rings. The molecule has 1 aromatic heterocycles. The largest absolute Gasteiger partial charge is 0.479 e. The monoisotopic (exact) mass is 278 g/mol. The van der Waals surface area contributed by atoms with Crippen molar-refractivity contribution in [3.63, 3.8) is 0 Å². The molecule has 110 valence electrons. The normalized spacial score (nSPS) is 13.9. The summed E-state index contributed by atoms with van der Waals surface area (Å²) in [4.78, 5) is 18.0. The number of aromatic nitrogens is 1. The van der Waals surface area contributed by atoms with E-state index in [-0.39, 0.29) is 5.91 Å². The summed E-state index contributed by atoms with van der Waals surface area (Å²) >= 11 is 0. The van der Waals surface area contributed by atoms with Gasteiger partial charge in [0.2, 0.25) is 11.8 Å². The molecule has 0 spiro atoms. The van der Waals surface area contributed by atoms with E-state index in [2.05, 4.69) is 15.6 Å². The molecule has 0 bridgehead atoms. The predicted molar refractivity (Wildman–Crippen MR) is 79.3 cm³/mol. The van der Waals surface area contributed by atoms with E-state index < -0.39 is 0 Å². The quantitative estimate of drug-likeness (QED) is 0.781. The van der Waals surface area contributed by atoms with E-state index in [0.717, 1.165) is 18.2 Å². The fourth-order valence-electron chi connectivity index (χ4n) is 1.97. The van der Waals surface area contributed by atoms with Gasteiger partial charge in [-0.1, -0.05) is 0 Å². The molecule has 1 aromatic rings. The number of methoxy groups -OCH3 is 1. The molecule has 20 heavy (non-hydrogen) atoms. The standard InChI is InChI=1S/C14H22N4O2/c1-18(2)11-6-7-16-14(20-3)13(11)17-12(19)9-15-8-10-4-5-10/h6-7,10,15H,4-5,8-9H2,1-3H3,(H,17,19). The number of ether oxygens (including phenoxy) is 1. The molecule has 1 aliphatic carbocycles. The first-order chi connectivity index (χ1) is 9.61. The zero-order valence-electron chi connectivity index (χ0n) is 12.3. The van der Waals surface area contributed by atoms with Crippen molar-refractivity contribution in [3.8, 4) is 5.88 Å². The predicted octanol–water partition coefficient (Wildman–Crippen LogP) is 1.09. The minimum absolute atomic E-state index is 0.0833. The topological polar surface area (TPSA) is 66.5 Å². The van der Waals surface area contributed by atoms with Gasteiger partial charge in [-0.15, -0.1) is 0 Å². The average Bonchev–Trinajstić information content (AvgIpc) is 3.22. The highest BCUT2D eigenvalue weighted by atomic mass is 16.5. The van der Waals surface area contributed by atoms with E-state index in [0.29, 0.717) is 18.1 Å². The Kier molecular flexibility index (Phi) is 4.79. The average molecular weight is 278 g/mol. The van der Waals surface area contributed by atoms with Gasteiger partial charge in [0.05, 0.1) is 19.3 Å². The molecule has 1 amide bonds. The third-order valence-electron chi connectivity index (χ3n) is 3.25. The third kappa shape index (κ3) is 3.84. The van der Waals surface area contributed by atoms with Crippen molar-refractivity contribution in [1.29, 1.82) is 0 Å². The van der Waals surface area contributed by atoms with Crippen LogP contribution in [0.25, 0.3) is 0 Å². The van der Waals surface area contributed by atoms with Crippen molar-refractivity contribution >= 4 is 17.3 Å². The lowest BCUT2D eigenvalue weighted by molar-refractivity contribution is -0.115. The Balaban J connectivity index is 2.00. The molecular formula is C14H22N4O2. The highest BCUT2D eigenvalue weighted by Crippen LogP contribution is 2.31. The molecule has 1 saturated carbocycles. The highest BCUT2D eigenvalue weighted by molar-refractivity contribution is 5.97. The molecule has 0 radical (unpaired) electrons. The van der Waals surface area contributed by atoms with Crippen LogP contribution in [0.5, 0.6) is 5.88 Å². The SMILES string of the molecule is COc1nccc(N(C)C)c1NC(=O)CNCC1CC1. The van der Waals surface area contributed by atoms with Crippen molar-refractivity contribution in [3.05, 3.63) is 12.3 Å². The lowest BCUT2D eigenvalue weighted by Gasteiger charge is -2.19. The Morgan fingerprint density at radius 1 is 1.50 bits per heavy atom. The number of hydrogen-bond donors (Lipinski definition) is 2. The van der Waals surface area contributed by atoms with Gasteiger partial charge in [-0.3, -0.25) is 4.79 Å². The van der Waals surface area contributed by atoms with Crippen molar-refractivity contribution in [2.45, 2.75) is 12.8 Å². The summed E-state index contributed by atoms with van der Waals surface area (Å²) in [6, 6.07) is 1.84. The first-order valence-corrected chi connectivity index (χ1v) is 6.82. The summed E-state index contributed by atoms with van der Waals surface area (Å²) in [5.74, 6) is 1.10. The van der Waals surface area contributed by atoms with Crippen LogP contribution in [0.15, 0.2) is 12.3 Å². The number of nitrogens with one attached hydrogen (secondary N) is 2. The lowest BCUT2D eigenvalue weighted by Crippen LogP contribution is -2.30. The number of hydrogen-bond acceptors (Lipinski definition) is 5. The minimum atomic E-state index is -0.0833. The second-order valence-corrected chi connectivity index (χ2v) is 5.23. The van der Waals surface area contributed by atoms with E-state index in [1.165, 1.54) is 12.8 Å². The third-order valence-corrected chi connectivity index (χ3v) is 3.25. The van der Waals surface area contributed by atoms with Gasteiger partial charge in [-0.05, 0) is 31.4 Å². The van der Waals surface area contributed by atoms with Crippen LogP contribution in [0.1, 0.15) is 12.8 Å². The van der Waals surface area contributed by atoms with Crippen molar-refractivity contribution in [2.75, 3.05) is 44.5 Å². The molecule has 2 N–H and O–H groups in total. The summed E-state index contributed by atoms with van der Waals surface area (Å²) in [6.07, 6.45) is 4.21. The van der Waals surface area contributed by atoms with Crippen LogP contribution in [-0.2, 0) is 4.79 Å². The molecule has 1 heterocycles. The van der Waals surface area contributed by atoms with E-state index in [1.54, 1.807) is 13.3 Å². The number of carbonyl (C=O) groups excluding carboxylic acids is 1. The van der Waals surface area contributed by atoms with Crippen molar-refractivity contribution in [2.24, 2.45) is 5.92 Å². The van der Waals surface area contributed by atoms with Gasteiger partial charge >= 0.3 is 0 Å². The van der Waals surface area contributed by atoms with E-state index in [9.17, 15) is 4.79 Å². The Bertz CT molecular complexity index is 472. The highest BCUT2D eigenvalue weighted by Gasteiger charge is 2.21. The van der Waals surface area contributed by atoms with Gasteiger partial charge in [0.15, 0.2) is 0 Å². The Hall–Kier alpha value is -1.82. The Morgan fingerprint density at radius 3 is 2.85 bits per heavy atom. The lowest BCUT2D eigenvalue weighted by atomic mass is 10.3. The molecule has 2 rings (SSSR count). The fourth-order valence-corrected chi connectivity index (χ4v) is 1.97. The number of carbonyl (C=O) groups is 1. The number of amides is 1. The maximum absolute atomic E-state index is 12.0. The summed E-state index contributed by atoms with van der Waals surface area (Å²) in [6.45, 7) is 1.22. The van der Waals surface area contributed by atoms with Crippen LogP contribution >= 0.6 is 0 Å². The molecule has 6 nitrogen and oxygen atoms in total. The minimum Gasteiger partial charge on any atom is -0.479 e. The van der Waals surface area contributed by atoms with Crippen LogP contribution in [0.3, 0.4) is 0 Å². The molecule has 0 aliphatic heterocycles. The van der Waals surface area contributed by atoms with Crippen LogP contribution in [-0.4, -0.2) is 45.2 Å². The van der Waals surface area contributed by atoms with Gasteiger partial charge in [0.1, 0.15) is 5.69 Å². The number of rotatable bonds is 7. The van der Waals surface area contributed by atoms with Crippen molar-refractivity contribution < 1.29 is 9.53 Å². The number of nitrogens with zero attached hydrogens (tertiary/aromatic N) is 2. The van der Waals surface area contributed by atoms with Crippen LogP contribution in [0.4, 0.5) is 11.4 Å². The van der Waals surface area contributed by atoms with E-state index in [1.807, 2.05) is 25.1 Å². The Morgan fingerprint density at radius 2 is 2.25 bits per heavy atom. The molecule has 6 heteroatoms. The van der Waals surface area contributed by atoms with Crippen LogP contribution in [0, 0.1) is 5.92 Å². The van der Waals surface area contributed by atoms with Crippen LogP contribution in [0.2, 0.25) is 0 Å². The van der Waals surface area contributed by atoms with Gasteiger partial charge in [-0.25, -0.2) is 4.98 Å². The maximum Gasteiger partial charge on any atom is 0.239 e. The molecule has 0 aromatic carbocycles. The van der Waals surface area contributed by atoms with Crippen LogP contribution < -0.4 is 20.3 Å². The molecular weight excluding hydrogens is 256 g/mol. The first-order valence-electron chi connectivity index (χ1n) is 6.82. The summed E-state index contributed by atoms with van der Waals surface area (Å²) < 4.78 is 5.22. The molecule has 0 unspecified atom stereocenters. The second kappa shape index (κ2) is 6.56. The fraction of sp³-hybridized carbons (Fsp3) is 0.571. The summed E-state index contributed by atoms with van der Waals surface area (Å²) in [5, 5.41) is 6.04. The van der Waals surface area contributed by atoms with Gasteiger partial charge < -0.3 is 20.3 Å². The molecule has 0 atom stereocenters. The van der Waals surface area contributed by atoms with E-state index >= 15 is 0 Å². The number of anilines is 2. The van der Waals surface area contributed by atoms with Crippen molar-refractivity contribution in [1.82, 2.24) is 10.3 Å². The molecule has 0 saturated heterocycles. The zero-order chi connectivity index (χ0) is 14.5. The summed E-state index contributed by atoms with van der Waals surface area (Å²) in [5.41, 5.74) is 1.48. The molecule has 1 fully saturated rings. The second-order valence-electron chi connectivity index (χ2n) is 5.23. The zero-order valence-corrected chi connectivity index (χ0v) is 12.3. The van der Waals surface area contributed by atoms with Gasteiger partial charge in [-0.2, -0.15) is 0 Å². The number of pyridine rings is 1. The van der Waals surface area contributed by atoms with Gasteiger partial charge in [0, 0.05) is 20.3 Å².